The summed E-state index contributed by atoms with van der Waals surface area (Å²) in [6, 6.07) is 6.35. The highest BCUT2D eigenvalue weighted by atomic mass is 16.5. The van der Waals surface area contributed by atoms with E-state index < -0.39 is 0 Å². The Morgan fingerprint density at radius 1 is 1.32 bits per heavy atom. The number of benzene rings is 1. The first-order valence-corrected chi connectivity index (χ1v) is 7.09. The molecule has 0 bridgehead atoms. The number of rotatable bonds is 6. The van der Waals surface area contributed by atoms with Crippen molar-refractivity contribution in [2.75, 3.05) is 27.7 Å². The maximum absolute atomic E-state index is 5.42. The van der Waals surface area contributed by atoms with Gasteiger partial charge in [-0.25, -0.2) is 0 Å². The fourth-order valence-electron chi connectivity index (χ4n) is 2.84. The average molecular weight is 262 g/mol. The molecule has 1 N–H and O–H groups in total. The molecule has 0 heterocycles. The molecule has 1 aliphatic rings. The van der Waals surface area contributed by atoms with Gasteiger partial charge in [0, 0.05) is 24.2 Å². The molecule has 0 amide bonds. The van der Waals surface area contributed by atoms with Crippen LogP contribution in [0.5, 0.6) is 5.75 Å². The van der Waals surface area contributed by atoms with Crippen LogP contribution < -0.4 is 10.1 Å². The van der Waals surface area contributed by atoms with Gasteiger partial charge in [0.05, 0.1) is 7.11 Å². The minimum atomic E-state index is 0.372. The largest absolute Gasteiger partial charge is 0.496 e. The number of aryl methyl sites for hydroxylation is 1. The lowest BCUT2D eigenvalue weighted by Gasteiger charge is -2.47. The van der Waals surface area contributed by atoms with Gasteiger partial charge in [-0.2, -0.15) is 0 Å². The van der Waals surface area contributed by atoms with Crippen LogP contribution in [0.3, 0.4) is 0 Å². The zero-order valence-electron chi connectivity index (χ0n) is 12.6. The van der Waals surface area contributed by atoms with Crippen molar-refractivity contribution in [1.29, 1.82) is 0 Å². The number of methoxy groups -OCH3 is 1. The Bertz CT molecular complexity index is 425. The quantitative estimate of drug-likeness (QED) is 0.853. The summed E-state index contributed by atoms with van der Waals surface area (Å²) in [6.45, 7) is 4.05. The lowest BCUT2D eigenvalue weighted by atomic mass is 9.75. The highest BCUT2D eigenvalue weighted by Gasteiger charge is 2.38. The van der Waals surface area contributed by atoms with Crippen LogP contribution in [0.4, 0.5) is 0 Å². The van der Waals surface area contributed by atoms with Crippen molar-refractivity contribution in [3.63, 3.8) is 0 Å². The third-order valence-electron chi connectivity index (χ3n) is 4.44. The first-order chi connectivity index (χ1) is 9.07. The zero-order valence-corrected chi connectivity index (χ0v) is 12.6. The monoisotopic (exact) mass is 262 g/mol. The van der Waals surface area contributed by atoms with Crippen LogP contribution in [0.15, 0.2) is 18.2 Å². The molecule has 1 aromatic carbocycles. The van der Waals surface area contributed by atoms with Crippen LogP contribution in [0.2, 0.25) is 0 Å². The maximum atomic E-state index is 5.42. The first-order valence-electron chi connectivity index (χ1n) is 7.09. The minimum Gasteiger partial charge on any atom is -0.496 e. The van der Waals surface area contributed by atoms with E-state index in [0.29, 0.717) is 5.54 Å². The van der Waals surface area contributed by atoms with Crippen molar-refractivity contribution < 1.29 is 4.74 Å². The summed E-state index contributed by atoms with van der Waals surface area (Å²) in [5.41, 5.74) is 2.90. The van der Waals surface area contributed by atoms with Gasteiger partial charge in [0.25, 0.3) is 0 Å². The van der Waals surface area contributed by atoms with Crippen molar-refractivity contribution in [1.82, 2.24) is 10.2 Å². The van der Waals surface area contributed by atoms with Crippen LogP contribution >= 0.6 is 0 Å². The highest BCUT2D eigenvalue weighted by molar-refractivity contribution is 5.36. The SMILES string of the molecule is COc1ccc(C)cc1CNCC1(N(C)C)CCC1. The maximum Gasteiger partial charge on any atom is 0.123 e. The predicted molar refractivity (Wildman–Crippen MR) is 79.7 cm³/mol. The molecule has 106 valence electrons. The van der Waals surface area contributed by atoms with E-state index in [1.807, 2.05) is 0 Å². The Hall–Kier alpha value is -1.06. The molecule has 0 atom stereocenters. The number of hydrogen-bond acceptors (Lipinski definition) is 3. The van der Waals surface area contributed by atoms with Crippen molar-refractivity contribution in [2.24, 2.45) is 0 Å². The smallest absolute Gasteiger partial charge is 0.123 e. The van der Waals surface area contributed by atoms with Crippen LogP contribution in [-0.2, 0) is 6.54 Å². The second kappa shape index (κ2) is 5.93. The molecule has 1 aliphatic carbocycles. The third-order valence-corrected chi connectivity index (χ3v) is 4.44. The minimum absolute atomic E-state index is 0.372. The number of nitrogens with one attached hydrogen (secondary N) is 1. The molecule has 0 radical (unpaired) electrons. The average Bonchev–Trinajstić information content (AvgIpc) is 2.32. The summed E-state index contributed by atoms with van der Waals surface area (Å²) in [4.78, 5) is 2.37. The molecule has 1 fully saturated rings. The van der Waals surface area contributed by atoms with Crippen LogP contribution in [0.1, 0.15) is 30.4 Å². The van der Waals surface area contributed by atoms with Crippen molar-refractivity contribution in [2.45, 2.75) is 38.3 Å². The Morgan fingerprint density at radius 3 is 2.58 bits per heavy atom. The lowest BCUT2D eigenvalue weighted by molar-refractivity contribution is 0.0598. The van der Waals surface area contributed by atoms with Crippen molar-refractivity contribution >= 4 is 0 Å². The summed E-state index contributed by atoms with van der Waals surface area (Å²) in [5.74, 6) is 0.977. The van der Waals surface area contributed by atoms with E-state index in [0.717, 1.165) is 18.8 Å². The van der Waals surface area contributed by atoms with Gasteiger partial charge in [0.2, 0.25) is 0 Å². The molecule has 0 saturated heterocycles. The van der Waals surface area contributed by atoms with E-state index in [9.17, 15) is 0 Å². The van der Waals surface area contributed by atoms with E-state index in [1.54, 1.807) is 7.11 Å². The number of nitrogens with zero attached hydrogens (tertiary/aromatic N) is 1. The molecule has 19 heavy (non-hydrogen) atoms. The topological polar surface area (TPSA) is 24.5 Å². The molecule has 0 unspecified atom stereocenters. The Balaban J connectivity index is 1.94. The van der Waals surface area contributed by atoms with E-state index in [-0.39, 0.29) is 0 Å². The molecule has 0 spiro atoms. The summed E-state index contributed by atoms with van der Waals surface area (Å²) < 4.78 is 5.42. The van der Waals surface area contributed by atoms with E-state index in [4.69, 9.17) is 4.74 Å². The van der Waals surface area contributed by atoms with Gasteiger partial charge in [0.1, 0.15) is 5.75 Å². The lowest BCUT2D eigenvalue weighted by Crippen LogP contribution is -2.56. The Morgan fingerprint density at radius 2 is 2.05 bits per heavy atom. The van der Waals surface area contributed by atoms with Crippen molar-refractivity contribution in [3.8, 4) is 5.75 Å². The summed E-state index contributed by atoms with van der Waals surface area (Å²) >= 11 is 0. The van der Waals surface area contributed by atoms with Gasteiger partial charge in [-0.1, -0.05) is 17.7 Å². The number of hydrogen-bond donors (Lipinski definition) is 1. The van der Waals surface area contributed by atoms with Crippen molar-refractivity contribution in [3.05, 3.63) is 29.3 Å². The van der Waals surface area contributed by atoms with Gasteiger partial charge >= 0.3 is 0 Å². The van der Waals surface area contributed by atoms with Gasteiger partial charge in [-0.15, -0.1) is 0 Å². The highest BCUT2D eigenvalue weighted by Crippen LogP contribution is 2.35. The van der Waals surface area contributed by atoms with E-state index in [2.05, 4.69) is 49.4 Å². The van der Waals surface area contributed by atoms with Crippen LogP contribution in [-0.4, -0.2) is 38.2 Å². The first kappa shape index (κ1) is 14.4. The number of ether oxygens (including phenoxy) is 1. The van der Waals surface area contributed by atoms with E-state index >= 15 is 0 Å². The van der Waals surface area contributed by atoms with E-state index in [1.165, 1.54) is 30.4 Å². The van der Waals surface area contributed by atoms with Gasteiger partial charge < -0.3 is 15.0 Å². The normalized spacial score (nSPS) is 17.3. The van der Waals surface area contributed by atoms with Gasteiger partial charge in [0.15, 0.2) is 0 Å². The van der Waals surface area contributed by atoms with Gasteiger partial charge in [-0.3, -0.25) is 0 Å². The Kier molecular flexibility index (Phi) is 4.48. The second-order valence-corrected chi connectivity index (χ2v) is 5.89. The molecule has 3 heteroatoms. The standard InChI is InChI=1S/C16H26N2O/c1-13-6-7-15(19-4)14(10-13)11-17-12-16(18(2)3)8-5-9-16/h6-7,10,17H,5,8-9,11-12H2,1-4H3. The molecule has 1 aromatic rings. The molecular weight excluding hydrogens is 236 g/mol. The Labute approximate surface area is 116 Å². The molecule has 3 nitrogen and oxygen atoms in total. The molecule has 0 aliphatic heterocycles. The summed E-state index contributed by atoms with van der Waals surface area (Å²) in [7, 11) is 6.11. The molecule has 1 saturated carbocycles. The zero-order chi connectivity index (χ0) is 13.9. The molecule has 0 aromatic heterocycles. The fourth-order valence-corrected chi connectivity index (χ4v) is 2.84. The van der Waals surface area contributed by atoms with Crippen LogP contribution in [0, 0.1) is 6.92 Å². The predicted octanol–water partition coefficient (Wildman–Crippen LogP) is 2.58. The number of likely N-dealkylation sites (N-methyl/N-ethyl adjacent to an activating group) is 1. The fraction of sp³-hybridized carbons (Fsp3) is 0.625. The molecular formula is C16H26N2O. The summed E-state index contributed by atoms with van der Waals surface area (Å²) in [6.07, 6.45) is 3.96. The third kappa shape index (κ3) is 3.10. The molecule has 2 rings (SSSR count). The van der Waals surface area contributed by atoms with Crippen LogP contribution in [0.25, 0.3) is 0 Å². The second-order valence-electron chi connectivity index (χ2n) is 5.89. The van der Waals surface area contributed by atoms with Gasteiger partial charge in [-0.05, 0) is 46.3 Å². The summed E-state index contributed by atoms with van der Waals surface area (Å²) in [5, 5.41) is 3.61.